The van der Waals surface area contributed by atoms with Crippen LogP contribution in [0.25, 0.3) is 0 Å². The molecule has 0 unspecified atom stereocenters. The van der Waals surface area contributed by atoms with E-state index in [1.807, 2.05) is 24.3 Å². The number of halogens is 2. The Hall–Kier alpha value is -1.74. The van der Waals surface area contributed by atoms with E-state index in [2.05, 4.69) is 5.32 Å². The summed E-state index contributed by atoms with van der Waals surface area (Å²) in [6.45, 7) is 2.70. The number of ether oxygens (including phenoxy) is 1. The van der Waals surface area contributed by atoms with Crippen molar-refractivity contribution in [3.63, 3.8) is 0 Å². The molecule has 0 fully saturated rings. The van der Waals surface area contributed by atoms with E-state index in [0.717, 1.165) is 5.69 Å². The van der Waals surface area contributed by atoms with E-state index in [4.69, 9.17) is 16.3 Å². The molecule has 0 heterocycles. The SMILES string of the molecule is Cc1cccc(OCCNc2ccc(Cl)cc2)c1F. The molecule has 0 saturated carbocycles. The average Bonchev–Trinajstić information content (AvgIpc) is 2.41. The molecule has 0 spiro atoms. The summed E-state index contributed by atoms with van der Waals surface area (Å²) in [5.41, 5.74) is 1.54. The Bertz CT molecular complexity index is 542. The largest absolute Gasteiger partial charge is 0.489 e. The van der Waals surface area contributed by atoms with Crippen LogP contribution in [-0.4, -0.2) is 13.2 Å². The maximum absolute atomic E-state index is 13.6. The lowest BCUT2D eigenvalue weighted by Gasteiger charge is -2.10. The molecule has 19 heavy (non-hydrogen) atoms. The van der Waals surface area contributed by atoms with Gasteiger partial charge in [0.15, 0.2) is 11.6 Å². The fraction of sp³-hybridized carbons (Fsp3) is 0.200. The highest BCUT2D eigenvalue weighted by atomic mass is 35.5. The Labute approximate surface area is 117 Å². The number of nitrogens with one attached hydrogen (secondary N) is 1. The Morgan fingerprint density at radius 3 is 2.63 bits per heavy atom. The van der Waals surface area contributed by atoms with Gasteiger partial charge in [-0.3, -0.25) is 0 Å². The van der Waals surface area contributed by atoms with Gasteiger partial charge in [-0.05, 0) is 42.8 Å². The molecule has 1 N–H and O–H groups in total. The molecular weight excluding hydrogens is 265 g/mol. The molecule has 2 rings (SSSR count). The first-order valence-electron chi connectivity index (χ1n) is 6.04. The van der Waals surface area contributed by atoms with E-state index in [1.165, 1.54) is 0 Å². The first-order valence-corrected chi connectivity index (χ1v) is 6.42. The lowest BCUT2D eigenvalue weighted by atomic mass is 10.2. The van der Waals surface area contributed by atoms with E-state index >= 15 is 0 Å². The smallest absolute Gasteiger partial charge is 0.167 e. The molecule has 0 aliphatic carbocycles. The molecule has 2 aromatic carbocycles. The molecule has 0 atom stereocenters. The Kier molecular flexibility index (Phi) is 4.63. The molecule has 2 nitrogen and oxygen atoms in total. The van der Waals surface area contributed by atoms with Crippen LogP contribution in [-0.2, 0) is 0 Å². The van der Waals surface area contributed by atoms with Crippen LogP contribution in [0.15, 0.2) is 42.5 Å². The molecular formula is C15H15ClFNO. The van der Waals surface area contributed by atoms with E-state index < -0.39 is 0 Å². The highest BCUT2D eigenvalue weighted by molar-refractivity contribution is 6.30. The van der Waals surface area contributed by atoms with E-state index in [0.29, 0.717) is 23.7 Å². The molecule has 100 valence electrons. The predicted molar refractivity (Wildman–Crippen MR) is 76.6 cm³/mol. The minimum Gasteiger partial charge on any atom is -0.489 e. The average molecular weight is 280 g/mol. The van der Waals surface area contributed by atoms with Gasteiger partial charge in [-0.25, -0.2) is 4.39 Å². The van der Waals surface area contributed by atoms with Crippen LogP contribution in [0.3, 0.4) is 0 Å². The zero-order chi connectivity index (χ0) is 13.7. The van der Waals surface area contributed by atoms with Crippen molar-refractivity contribution in [1.29, 1.82) is 0 Å². The predicted octanol–water partition coefficient (Wildman–Crippen LogP) is 4.28. The Morgan fingerprint density at radius 2 is 1.89 bits per heavy atom. The van der Waals surface area contributed by atoms with Crippen LogP contribution in [0.5, 0.6) is 5.75 Å². The minimum absolute atomic E-state index is 0.290. The zero-order valence-electron chi connectivity index (χ0n) is 10.6. The summed E-state index contributed by atoms with van der Waals surface area (Å²) in [4.78, 5) is 0. The Balaban J connectivity index is 1.81. The first kappa shape index (κ1) is 13.7. The molecule has 0 aliphatic heterocycles. The van der Waals surface area contributed by atoms with Gasteiger partial charge < -0.3 is 10.1 Å². The summed E-state index contributed by atoms with van der Waals surface area (Å²) >= 11 is 5.79. The molecule has 0 saturated heterocycles. The maximum Gasteiger partial charge on any atom is 0.167 e. The summed E-state index contributed by atoms with van der Waals surface area (Å²) in [6, 6.07) is 12.5. The van der Waals surface area contributed by atoms with Gasteiger partial charge >= 0.3 is 0 Å². The standard InChI is InChI=1S/C15H15ClFNO/c1-11-3-2-4-14(15(11)17)19-10-9-18-13-7-5-12(16)6-8-13/h2-8,18H,9-10H2,1H3. The fourth-order valence-corrected chi connectivity index (χ4v) is 1.78. The van der Waals surface area contributed by atoms with Crippen LogP contribution in [0.2, 0.25) is 5.02 Å². The maximum atomic E-state index is 13.6. The number of anilines is 1. The number of hydrogen-bond acceptors (Lipinski definition) is 2. The molecule has 0 aromatic heterocycles. The van der Waals surface area contributed by atoms with Crippen molar-refractivity contribution in [2.45, 2.75) is 6.92 Å². The normalized spacial score (nSPS) is 10.3. The molecule has 0 radical (unpaired) electrons. The van der Waals surface area contributed by atoms with Gasteiger partial charge in [-0.15, -0.1) is 0 Å². The first-order chi connectivity index (χ1) is 9.16. The number of aryl methyl sites for hydroxylation is 1. The van der Waals surface area contributed by atoms with Crippen molar-refractivity contribution in [2.24, 2.45) is 0 Å². The van der Waals surface area contributed by atoms with E-state index in [9.17, 15) is 4.39 Å². The lowest BCUT2D eigenvalue weighted by molar-refractivity contribution is 0.314. The zero-order valence-corrected chi connectivity index (χ0v) is 11.4. The number of hydrogen-bond donors (Lipinski definition) is 1. The quantitative estimate of drug-likeness (QED) is 0.825. The van der Waals surface area contributed by atoms with Crippen molar-refractivity contribution in [3.8, 4) is 5.75 Å². The van der Waals surface area contributed by atoms with Gasteiger partial charge in [0.25, 0.3) is 0 Å². The summed E-state index contributed by atoms with van der Waals surface area (Å²) in [5, 5.41) is 3.87. The summed E-state index contributed by atoms with van der Waals surface area (Å²) in [5.74, 6) is -0.00750. The molecule has 0 aliphatic rings. The third-order valence-corrected chi connectivity index (χ3v) is 2.94. The second-order valence-corrected chi connectivity index (χ2v) is 4.61. The third kappa shape index (κ3) is 3.86. The van der Waals surface area contributed by atoms with Crippen LogP contribution in [0.1, 0.15) is 5.56 Å². The van der Waals surface area contributed by atoms with Crippen molar-refractivity contribution in [1.82, 2.24) is 0 Å². The van der Waals surface area contributed by atoms with Crippen molar-refractivity contribution in [2.75, 3.05) is 18.5 Å². The molecule has 0 amide bonds. The summed E-state index contributed by atoms with van der Waals surface area (Å²) in [6.07, 6.45) is 0. The summed E-state index contributed by atoms with van der Waals surface area (Å²) in [7, 11) is 0. The number of benzene rings is 2. The van der Waals surface area contributed by atoms with E-state index in [1.54, 1.807) is 25.1 Å². The van der Waals surface area contributed by atoms with Gasteiger partial charge in [-0.1, -0.05) is 23.7 Å². The Morgan fingerprint density at radius 1 is 1.16 bits per heavy atom. The van der Waals surface area contributed by atoms with Gasteiger partial charge in [0, 0.05) is 17.3 Å². The minimum atomic E-state index is -0.297. The second-order valence-electron chi connectivity index (χ2n) is 4.17. The molecule has 4 heteroatoms. The van der Waals surface area contributed by atoms with Crippen LogP contribution in [0, 0.1) is 12.7 Å². The molecule has 2 aromatic rings. The van der Waals surface area contributed by atoms with Gasteiger partial charge in [0.05, 0.1) is 0 Å². The van der Waals surface area contributed by atoms with Crippen molar-refractivity contribution >= 4 is 17.3 Å². The van der Waals surface area contributed by atoms with Gasteiger partial charge in [-0.2, -0.15) is 0 Å². The highest BCUT2D eigenvalue weighted by Crippen LogP contribution is 2.19. The summed E-state index contributed by atoms with van der Waals surface area (Å²) < 4.78 is 19.0. The second kappa shape index (κ2) is 6.43. The fourth-order valence-electron chi connectivity index (χ4n) is 1.66. The highest BCUT2D eigenvalue weighted by Gasteiger charge is 2.04. The van der Waals surface area contributed by atoms with Crippen LogP contribution in [0.4, 0.5) is 10.1 Å². The number of rotatable bonds is 5. The third-order valence-electron chi connectivity index (χ3n) is 2.69. The van der Waals surface area contributed by atoms with E-state index in [-0.39, 0.29) is 11.6 Å². The van der Waals surface area contributed by atoms with Crippen molar-refractivity contribution in [3.05, 3.63) is 58.9 Å². The van der Waals surface area contributed by atoms with Crippen molar-refractivity contribution < 1.29 is 9.13 Å². The van der Waals surface area contributed by atoms with Crippen LogP contribution >= 0.6 is 11.6 Å². The van der Waals surface area contributed by atoms with Gasteiger partial charge in [0.2, 0.25) is 0 Å². The lowest BCUT2D eigenvalue weighted by Crippen LogP contribution is -2.12. The van der Waals surface area contributed by atoms with Gasteiger partial charge in [0.1, 0.15) is 6.61 Å². The molecule has 0 bridgehead atoms. The van der Waals surface area contributed by atoms with Crippen LogP contribution < -0.4 is 10.1 Å². The topological polar surface area (TPSA) is 21.3 Å². The monoisotopic (exact) mass is 279 g/mol.